The number of benzene rings is 1. The highest BCUT2D eigenvalue weighted by Crippen LogP contribution is 2.40. The van der Waals surface area contributed by atoms with Crippen LogP contribution in [0.15, 0.2) is 36.5 Å². The van der Waals surface area contributed by atoms with Crippen molar-refractivity contribution in [3.63, 3.8) is 0 Å². The van der Waals surface area contributed by atoms with Gasteiger partial charge in [0, 0.05) is 24.3 Å². The maximum absolute atomic E-state index is 10.5. The third kappa shape index (κ3) is 2.00. The first kappa shape index (κ1) is 11.6. The van der Waals surface area contributed by atoms with Gasteiger partial charge in [-0.3, -0.25) is 4.98 Å². The number of nitrogens with zero attached hydrogens (tertiary/aromatic N) is 1. The molecule has 3 rings (SSSR count). The summed E-state index contributed by atoms with van der Waals surface area (Å²) >= 11 is 0. The van der Waals surface area contributed by atoms with Gasteiger partial charge in [-0.2, -0.15) is 0 Å². The molecule has 1 aromatic heterocycles. The van der Waals surface area contributed by atoms with Crippen molar-refractivity contribution in [3.8, 4) is 0 Å². The molecule has 3 nitrogen and oxygen atoms in total. The Bertz CT molecular complexity index is 546. The number of para-hydroxylation sites is 1. The Kier molecular flexibility index (Phi) is 3.02. The molecule has 2 aromatic rings. The zero-order valence-corrected chi connectivity index (χ0v) is 10.4. The zero-order chi connectivity index (χ0) is 12.5. The van der Waals surface area contributed by atoms with Gasteiger partial charge in [0.1, 0.15) is 6.10 Å². The Balaban J connectivity index is 2.02. The lowest BCUT2D eigenvalue weighted by atomic mass is 9.98. The van der Waals surface area contributed by atoms with Gasteiger partial charge in [0.15, 0.2) is 0 Å². The van der Waals surface area contributed by atoms with Crippen molar-refractivity contribution >= 4 is 10.9 Å². The second kappa shape index (κ2) is 4.67. The predicted octanol–water partition coefficient (Wildman–Crippen LogP) is 2.69. The number of fused-ring (bicyclic) bond motifs is 1. The third-order valence-electron chi connectivity index (χ3n) is 3.65. The van der Waals surface area contributed by atoms with Gasteiger partial charge in [-0.25, -0.2) is 0 Å². The molecule has 0 amide bonds. The van der Waals surface area contributed by atoms with E-state index in [4.69, 9.17) is 4.74 Å². The van der Waals surface area contributed by atoms with Crippen molar-refractivity contribution in [2.75, 3.05) is 7.11 Å². The molecule has 1 aromatic carbocycles. The van der Waals surface area contributed by atoms with Crippen LogP contribution in [0.1, 0.15) is 24.5 Å². The normalized spacial score (nSPS) is 18.8. The van der Waals surface area contributed by atoms with E-state index in [2.05, 4.69) is 4.98 Å². The minimum absolute atomic E-state index is 0.113. The number of hydrogen-bond donors (Lipinski definition) is 1. The van der Waals surface area contributed by atoms with Crippen molar-refractivity contribution in [1.82, 2.24) is 4.98 Å². The molecule has 1 fully saturated rings. The molecule has 2 unspecified atom stereocenters. The average molecular weight is 243 g/mol. The number of hydrogen-bond acceptors (Lipinski definition) is 3. The molecular weight excluding hydrogens is 226 g/mol. The van der Waals surface area contributed by atoms with Crippen LogP contribution in [0, 0.1) is 5.92 Å². The van der Waals surface area contributed by atoms with E-state index in [1.54, 1.807) is 13.3 Å². The minimum Gasteiger partial charge on any atom is -0.386 e. The number of aliphatic hydroxyl groups is 1. The van der Waals surface area contributed by atoms with Crippen LogP contribution in [0.5, 0.6) is 0 Å². The Labute approximate surface area is 106 Å². The fraction of sp³-hybridized carbons (Fsp3) is 0.400. The monoisotopic (exact) mass is 243 g/mol. The highest BCUT2D eigenvalue weighted by Gasteiger charge is 2.37. The summed E-state index contributed by atoms with van der Waals surface area (Å²) in [4.78, 5) is 4.38. The molecule has 0 bridgehead atoms. The van der Waals surface area contributed by atoms with Gasteiger partial charge in [-0.15, -0.1) is 0 Å². The summed E-state index contributed by atoms with van der Waals surface area (Å²) in [6.45, 7) is 0. The lowest BCUT2D eigenvalue weighted by Crippen LogP contribution is -2.23. The van der Waals surface area contributed by atoms with E-state index in [1.807, 2.05) is 30.3 Å². The quantitative estimate of drug-likeness (QED) is 0.897. The van der Waals surface area contributed by atoms with Gasteiger partial charge in [0.2, 0.25) is 0 Å². The van der Waals surface area contributed by atoms with Crippen LogP contribution >= 0.6 is 0 Å². The minimum atomic E-state index is -0.596. The van der Waals surface area contributed by atoms with Crippen molar-refractivity contribution in [2.24, 2.45) is 5.92 Å². The highest BCUT2D eigenvalue weighted by atomic mass is 16.5. The summed E-state index contributed by atoms with van der Waals surface area (Å²) in [6.07, 6.45) is 3.35. The van der Waals surface area contributed by atoms with Gasteiger partial charge in [0.05, 0.1) is 11.6 Å². The summed E-state index contributed by atoms with van der Waals surface area (Å²) in [7, 11) is 1.67. The van der Waals surface area contributed by atoms with Crippen LogP contribution < -0.4 is 0 Å². The van der Waals surface area contributed by atoms with E-state index in [9.17, 15) is 5.11 Å². The van der Waals surface area contributed by atoms with Crippen LogP contribution in [-0.4, -0.2) is 23.3 Å². The van der Waals surface area contributed by atoms with Gasteiger partial charge in [-0.1, -0.05) is 24.3 Å². The third-order valence-corrected chi connectivity index (χ3v) is 3.65. The van der Waals surface area contributed by atoms with Gasteiger partial charge in [-0.05, 0) is 24.8 Å². The second-order valence-corrected chi connectivity index (χ2v) is 4.90. The van der Waals surface area contributed by atoms with Crippen LogP contribution in [0.3, 0.4) is 0 Å². The number of aromatic nitrogens is 1. The molecule has 1 aliphatic rings. The molecule has 1 saturated carbocycles. The standard InChI is InChI=1S/C15H17NO2/c1-18-15(11-7-8-11)14(17)12-6-2-4-10-5-3-9-16-13(10)12/h2-6,9,11,14-15,17H,7-8H2,1H3. The summed E-state index contributed by atoms with van der Waals surface area (Å²) < 4.78 is 5.46. The SMILES string of the molecule is COC(C1CC1)C(O)c1cccc2cccnc12. The number of methoxy groups -OCH3 is 1. The molecule has 18 heavy (non-hydrogen) atoms. The summed E-state index contributed by atoms with van der Waals surface area (Å²) in [5, 5.41) is 11.6. The Hall–Kier alpha value is -1.45. The number of rotatable bonds is 4. The molecule has 2 atom stereocenters. The van der Waals surface area contributed by atoms with Crippen LogP contribution in [0.4, 0.5) is 0 Å². The van der Waals surface area contributed by atoms with Crippen molar-refractivity contribution < 1.29 is 9.84 Å². The van der Waals surface area contributed by atoms with E-state index in [0.717, 1.165) is 29.3 Å². The fourth-order valence-electron chi connectivity index (χ4n) is 2.55. The number of pyridine rings is 1. The summed E-state index contributed by atoms with van der Waals surface area (Å²) in [5.41, 5.74) is 1.74. The molecule has 0 aliphatic heterocycles. The molecule has 3 heteroatoms. The largest absolute Gasteiger partial charge is 0.386 e. The molecule has 1 aliphatic carbocycles. The van der Waals surface area contributed by atoms with Gasteiger partial charge in [0.25, 0.3) is 0 Å². The van der Waals surface area contributed by atoms with E-state index in [0.29, 0.717) is 5.92 Å². The first-order valence-corrected chi connectivity index (χ1v) is 6.36. The first-order valence-electron chi connectivity index (χ1n) is 6.36. The molecular formula is C15H17NO2. The Morgan fingerprint density at radius 3 is 2.78 bits per heavy atom. The maximum atomic E-state index is 10.5. The Morgan fingerprint density at radius 1 is 1.28 bits per heavy atom. The van der Waals surface area contributed by atoms with E-state index < -0.39 is 6.10 Å². The molecule has 94 valence electrons. The van der Waals surface area contributed by atoms with E-state index >= 15 is 0 Å². The Morgan fingerprint density at radius 2 is 2.06 bits per heavy atom. The summed E-state index contributed by atoms with van der Waals surface area (Å²) in [6, 6.07) is 9.83. The molecule has 1 heterocycles. The van der Waals surface area contributed by atoms with Gasteiger partial charge < -0.3 is 9.84 Å². The average Bonchev–Trinajstić information content (AvgIpc) is 3.23. The van der Waals surface area contributed by atoms with E-state index in [1.165, 1.54) is 0 Å². The maximum Gasteiger partial charge on any atom is 0.107 e. The molecule has 1 N–H and O–H groups in total. The molecule has 0 saturated heterocycles. The molecule has 0 spiro atoms. The number of aliphatic hydroxyl groups excluding tert-OH is 1. The lowest BCUT2D eigenvalue weighted by Gasteiger charge is -2.22. The lowest BCUT2D eigenvalue weighted by molar-refractivity contribution is -0.0253. The topological polar surface area (TPSA) is 42.4 Å². The second-order valence-electron chi connectivity index (χ2n) is 4.90. The number of ether oxygens (including phenoxy) is 1. The van der Waals surface area contributed by atoms with Crippen molar-refractivity contribution in [1.29, 1.82) is 0 Å². The van der Waals surface area contributed by atoms with Crippen molar-refractivity contribution in [2.45, 2.75) is 25.0 Å². The molecule has 0 radical (unpaired) electrons. The zero-order valence-electron chi connectivity index (χ0n) is 10.4. The first-order chi connectivity index (χ1) is 8.81. The van der Waals surface area contributed by atoms with E-state index in [-0.39, 0.29) is 6.10 Å². The summed E-state index contributed by atoms with van der Waals surface area (Å²) in [5.74, 6) is 0.490. The predicted molar refractivity (Wildman–Crippen MR) is 70.2 cm³/mol. The van der Waals surface area contributed by atoms with Crippen LogP contribution in [0.25, 0.3) is 10.9 Å². The highest BCUT2D eigenvalue weighted by molar-refractivity contribution is 5.81. The van der Waals surface area contributed by atoms with Crippen LogP contribution in [0.2, 0.25) is 0 Å². The fourth-order valence-corrected chi connectivity index (χ4v) is 2.55. The smallest absolute Gasteiger partial charge is 0.107 e. The van der Waals surface area contributed by atoms with Crippen molar-refractivity contribution in [3.05, 3.63) is 42.1 Å². The van der Waals surface area contributed by atoms with Gasteiger partial charge >= 0.3 is 0 Å². The van der Waals surface area contributed by atoms with Crippen LogP contribution in [-0.2, 0) is 4.74 Å².